The lowest BCUT2D eigenvalue weighted by molar-refractivity contribution is -0.147. The third kappa shape index (κ3) is 4.39. The van der Waals surface area contributed by atoms with Gasteiger partial charge in [-0.1, -0.05) is 48.5 Å². The van der Waals surface area contributed by atoms with Crippen LogP contribution in [0.5, 0.6) is 0 Å². The molecule has 2 N–H and O–H groups in total. The van der Waals surface area contributed by atoms with E-state index in [-0.39, 0.29) is 24.9 Å². The van der Waals surface area contributed by atoms with Crippen molar-refractivity contribution in [2.45, 2.75) is 31.3 Å². The first-order chi connectivity index (χ1) is 15.0. The van der Waals surface area contributed by atoms with Crippen LogP contribution in [0.25, 0.3) is 11.1 Å². The van der Waals surface area contributed by atoms with Crippen LogP contribution in [0.1, 0.15) is 30.4 Å². The number of carboxylic acids is 1. The second-order valence-corrected chi connectivity index (χ2v) is 8.79. The summed E-state index contributed by atoms with van der Waals surface area (Å²) in [6.07, 6.45) is -0.568. The molecule has 2 aromatic carbocycles. The van der Waals surface area contributed by atoms with Crippen LogP contribution in [0.15, 0.2) is 48.5 Å². The lowest BCUT2D eigenvalue weighted by Gasteiger charge is -2.23. The van der Waals surface area contributed by atoms with Gasteiger partial charge in [-0.05, 0) is 29.2 Å². The van der Waals surface area contributed by atoms with Crippen LogP contribution in [0.3, 0.4) is 0 Å². The molecule has 7 nitrogen and oxygen atoms in total. The number of ether oxygens (including phenoxy) is 1. The van der Waals surface area contributed by atoms with Gasteiger partial charge in [-0.2, -0.15) is 0 Å². The van der Waals surface area contributed by atoms with Gasteiger partial charge in [-0.3, -0.25) is 4.79 Å². The lowest BCUT2D eigenvalue weighted by Crippen LogP contribution is -2.44. The fourth-order valence-corrected chi connectivity index (χ4v) is 5.34. The molecule has 0 bridgehead atoms. The molecule has 0 saturated carbocycles. The average molecular weight is 441 g/mol. The number of benzene rings is 2. The molecule has 2 atom stereocenters. The summed E-state index contributed by atoms with van der Waals surface area (Å²) in [7, 11) is 0. The molecule has 8 heteroatoms. The molecule has 1 aliphatic carbocycles. The Balaban J connectivity index is 1.32. The van der Waals surface area contributed by atoms with Gasteiger partial charge in [-0.15, -0.1) is 11.8 Å². The maximum Gasteiger partial charge on any atom is 0.407 e. The second kappa shape index (κ2) is 9.01. The summed E-state index contributed by atoms with van der Waals surface area (Å²) < 4.78 is 5.50. The van der Waals surface area contributed by atoms with Crippen molar-refractivity contribution >= 4 is 29.7 Å². The van der Waals surface area contributed by atoms with E-state index in [1.54, 1.807) is 6.92 Å². The minimum absolute atomic E-state index is 0.0224. The lowest BCUT2D eigenvalue weighted by atomic mass is 9.98. The van der Waals surface area contributed by atoms with Gasteiger partial charge in [0, 0.05) is 24.1 Å². The van der Waals surface area contributed by atoms with Crippen molar-refractivity contribution in [2.24, 2.45) is 0 Å². The molecule has 1 aliphatic heterocycles. The van der Waals surface area contributed by atoms with E-state index >= 15 is 0 Å². The maximum atomic E-state index is 12.5. The Morgan fingerprint density at radius 1 is 1.13 bits per heavy atom. The number of hydrogen-bond acceptors (Lipinski definition) is 5. The number of hydrogen-bond donors (Lipinski definition) is 2. The Morgan fingerprint density at radius 2 is 1.74 bits per heavy atom. The van der Waals surface area contributed by atoms with Crippen LogP contribution in [0.4, 0.5) is 4.79 Å². The Hall–Kier alpha value is -3.00. The first kappa shape index (κ1) is 21.2. The third-order valence-corrected chi connectivity index (χ3v) is 6.69. The van der Waals surface area contributed by atoms with Crippen LogP contribution < -0.4 is 5.32 Å². The van der Waals surface area contributed by atoms with Crippen molar-refractivity contribution in [1.82, 2.24) is 10.2 Å². The fourth-order valence-electron chi connectivity index (χ4n) is 4.16. The van der Waals surface area contributed by atoms with E-state index in [0.29, 0.717) is 11.6 Å². The number of amides is 2. The van der Waals surface area contributed by atoms with Crippen LogP contribution in [-0.2, 0) is 14.3 Å². The SMILES string of the molecule is C[C@@H](CC(=O)N1CSCC1C(=O)O)NC(=O)OCC1c2ccccc2-c2ccccc21. The molecule has 2 aromatic rings. The first-order valence-corrected chi connectivity index (χ1v) is 11.3. The van der Waals surface area contributed by atoms with Crippen molar-refractivity contribution in [1.29, 1.82) is 0 Å². The summed E-state index contributed by atoms with van der Waals surface area (Å²) in [4.78, 5) is 37.4. The molecular formula is C23H24N2O5S. The number of alkyl carbamates (subject to hydrolysis) is 1. The van der Waals surface area contributed by atoms with Gasteiger partial charge in [0.25, 0.3) is 0 Å². The number of rotatable bonds is 6. The van der Waals surface area contributed by atoms with Crippen molar-refractivity contribution in [3.05, 3.63) is 59.7 Å². The van der Waals surface area contributed by atoms with E-state index in [1.165, 1.54) is 16.7 Å². The molecule has 31 heavy (non-hydrogen) atoms. The van der Waals surface area contributed by atoms with Gasteiger partial charge in [0.1, 0.15) is 12.6 Å². The smallest absolute Gasteiger partial charge is 0.407 e. The number of nitrogens with one attached hydrogen (secondary N) is 1. The summed E-state index contributed by atoms with van der Waals surface area (Å²) in [6, 6.07) is 14.9. The molecule has 2 amide bonds. The van der Waals surface area contributed by atoms with Crippen LogP contribution in [-0.4, -0.2) is 58.3 Å². The highest BCUT2D eigenvalue weighted by Gasteiger charge is 2.35. The number of thioether (sulfide) groups is 1. The van der Waals surface area contributed by atoms with Gasteiger partial charge in [0.05, 0.1) is 5.88 Å². The van der Waals surface area contributed by atoms with E-state index in [4.69, 9.17) is 4.74 Å². The molecule has 162 valence electrons. The zero-order valence-electron chi connectivity index (χ0n) is 17.1. The Bertz CT molecular complexity index is 965. The van der Waals surface area contributed by atoms with Crippen molar-refractivity contribution < 1.29 is 24.2 Å². The zero-order valence-corrected chi connectivity index (χ0v) is 17.9. The van der Waals surface area contributed by atoms with Crippen molar-refractivity contribution in [3.8, 4) is 11.1 Å². The third-order valence-electron chi connectivity index (χ3n) is 5.68. The second-order valence-electron chi connectivity index (χ2n) is 7.79. The molecule has 4 rings (SSSR count). The Morgan fingerprint density at radius 3 is 2.35 bits per heavy atom. The van der Waals surface area contributed by atoms with Crippen LogP contribution in [0.2, 0.25) is 0 Å². The summed E-state index contributed by atoms with van der Waals surface area (Å²) >= 11 is 1.41. The quantitative estimate of drug-likeness (QED) is 0.716. The van der Waals surface area contributed by atoms with Crippen molar-refractivity contribution in [3.63, 3.8) is 0 Å². The van der Waals surface area contributed by atoms with Gasteiger partial charge in [0.2, 0.25) is 5.91 Å². The summed E-state index contributed by atoms with van der Waals surface area (Å²) in [5.74, 6) is -0.588. The van der Waals surface area contributed by atoms with E-state index in [2.05, 4.69) is 29.6 Å². The number of carbonyl (C=O) groups excluding carboxylic acids is 2. The molecule has 1 saturated heterocycles. The predicted octanol–water partition coefficient (Wildman–Crippen LogP) is 3.29. The highest BCUT2D eigenvalue weighted by Crippen LogP contribution is 2.44. The monoisotopic (exact) mass is 440 g/mol. The normalized spacial score (nSPS) is 18.2. The van der Waals surface area contributed by atoms with Crippen LogP contribution in [0, 0.1) is 0 Å². The molecule has 2 aliphatic rings. The fraction of sp³-hybridized carbons (Fsp3) is 0.348. The van der Waals surface area contributed by atoms with Gasteiger partial charge < -0.3 is 20.1 Å². The Labute approximate surface area is 184 Å². The van der Waals surface area contributed by atoms with E-state index < -0.39 is 24.1 Å². The largest absolute Gasteiger partial charge is 0.480 e. The predicted molar refractivity (Wildman–Crippen MR) is 118 cm³/mol. The molecule has 0 radical (unpaired) electrons. The Kier molecular flexibility index (Phi) is 6.18. The molecule has 1 unspecified atom stereocenters. The zero-order chi connectivity index (χ0) is 22.0. The van der Waals surface area contributed by atoms with E-state index in [9.17, 15) is 19.5 Å². The highest BCUT2D eigenvalue weighted by atomic mass is 32.2. The summed E-state index contributed by atoms with van der Waals surface area (Å²) in [6.45, 7) is 1.91. The van der Waals surface area contributed by atoms with Gasteiger partial charge in [0.15, 0.2) is 0 Å². The van der Waals surface area contributed by atoms with Gasteiger partial charge >= 0.3 is 12.1 Å². The minimum Gasteiger partial charge on any atom is -0.480 e. The maximum absolute atomic E-state index is 12.5. The molecule has 1 heterocycles. The number of aliphatic carboxylic acids is 1. The van der Waals surface area contributed by atoms with Crippen molar-refractivity contribution in [2.75, 3.05) is 18.2 Å². The summed E-state index contributed by atoms with van der Waals surface area (Å²) in [5, 5.41) is 11.9. The summed E-state index contributed by atoms with van der Waals surface area (Å²) in [5.41, 5.74) is 4.57. The molecule has 0 aromatic heterocycles. The molecule has 0 spiro atoms. The topological polar surface area (TPSA) is 95.9 Å². The first-order valence-electron chi connectivity index (χ1n) is 10.2. The number of carboxylic acid groups (broad SMARTS) is 1. The molecule has 1 fully saturated rings. The minimum atomic E-state index is -1.00. The average Bonchev–Trinajstić information content (AvgIpc) is 3.36. The number of carbonyl (C=O) groups is 3. The van der Waals surface area contributed by atoms with E-state index in [0.717, 1.165) is 22.3 Å². The highest BCUT2D eigenvalue weighted by molar-refractivity contribution is 7.99. The van der Waals surface area contributed by atoms with Gasteiger partial charge in [-0.25, -0.2) is 9.59 Å². The molecular weight excluding hydrogens is 416 g/mol. The number of fused-ring (bicyclic) bond motifs is 3. The van der Waals surface area contributed by atoms with E-state index in [1.807, 2.05) is 24.3 Å². The standard InChI is InChI=1S/C23H24N2O5S/c1-14(10-21(26)25-13-31-12-20(25)22(27)28)24-23(29)30-11-19-17-8-4-2-6-15(17)16-7-3-5-9-18(16)19/h2-9,14,19-20H,10-13H2,1H3,(H,24,29)(H,27,28)/t14-,20?/m0/s1. The number of nitrogens with zero attached hydrogens (tertiary/aromatic N) is 1. The van der Waals surface area contributed by atoms with Crippen LogP contribution >= 0.6 is 11.8 Å².